The number of carbonyl (C=O) groups excluding carboxylic acids is 2. The van der Waals surface area contributed by atoms with Crippen molar-refractivity contribution in [2.75, 3.05) is 73.0 Å². The molecule has 0 aromatic heterocycles. The van der Waals surface area contributed by atoms with E-state index in [1.54, 1.807) is 7.11 Å². The molecule has 1 aliphatic heterocycles. The Labute approximate surface area is 326 Å². The highest BCUT2D eigenvalue weighted by Crippen LogP contribution is 2.38. The fourth-order valence-corrected chi connectivity index (χ4v) is 7.25. The highest BCUT2D eigenvalue weighted by Gasteiger charge is 2.33. The summed E-state index contributed by atoms with van der Waals surface area (Å²) in [6, 6.07) is 0.305. The normalized spacial score (nSPS) is 26.6. The van der Waals surface area contributed by atoms with E-state index in [2.05, 4.69) is 29.4 Å². The second-order valence-electron chi connectivity index (χ2n) is 16.5. The number of amides is 2. The first-order valence-electron chi connectivity index (χ1n) is 21.1. The predicted octanol–water partition coefficient (Wildman–Crippen LogP) is 6.35. The minimum Gasteiger partial charge on any atom is -0.447 e. The number of carbonyl (C=O) groups is 2. The lowest BCUT2D eigenvalue weighted by Gasteiger charge is -2.38. The van der Waals surface area contributed by atoms with Crippen LogP contribution >= 0.6 is 0 Å². The summed E-state index contributed by atoms with van der Waals surface area (Å²) in [5, 5.41) is 6.24. The Kier molecular flexibility index (Phi) is 22.7. The summed E-state index contributed by atoms with van der Waals surface area (Å²) < 4.78 is 45.6. The van der Waals surface area contributed by atoms with Gasteiger partial charge in [0, 0.05) is 45.4 Å². The SMILES string of the molecule is CCCCOCC(CN1CC1)OC(=O)NC1CCC(CC2CCC(NC(=O)OCC(C)OCC(C)OCC(C)OCC(C)OCC(C)OC)CC2)C(C)C1. The van der Waals surface area contributed by atoms with E-state index in [9.17, 15) is 9.59 Å². The largest absolute Gasteiger partial charge is 0.447 e. The minimum absolute atomic E-state index is 0.0246. The van der Waals surface area contributed by atoms with Crippen LogP contribution in [0.5, 0.6) is 0 Å². The fraction of sp³-hybridized carbons (Fsp3) is 0.951. The van der Waals surface area contributed by atoms with E-state index in [1.807, 2.05) is 34.6 Å². The average molecular weight is 772 g/mol. The lowest BCUT2D eigenvalue weighted by Crippen LogP contribution is -2.43. The highest BCUT2D eigenvalue weighted by atomic mass is 16.6. The van der Waals surface area contributed by atoms with Gasteiger partial charge in [-0.3, -0.25) is 4.90 Å². The molecule has 2 amide bonds. The quantitative estimate of drug-likeness (QED) is 0.0715. The summed E-state index contributed by atoms with van der Waals surface area (Å²) in [5.74, 6) is 1.88. The van der Waals surface area contributed by atoms with Crippen molar-refractivity contribution < 1.29 is 47.5 Å². The smallest absolute Gasteiger partial charge is 0.407 e. The van der Waals surface area contributed by atoms with Crippen molar-refractivity contribution in [1.29, 1.82) is 0 Å². The molecule has 0 aromatic carbocycles. The van der Waals surface area contributed by atoms with Gasteiger partial charge in [0.1, 0.15) is 12.7 Å². The van der Waals surface area contributed by atoms with Crippen LogP contribution in [0.3, 0.4) is 0 Å². The Morgan fingerprint density at radius 2 is 1.26 bits per heavy atom. The van der Waals surface area contributed by atoms with Crippen LogP contribution in [0.4, 0.5) is 9.59 Å². The monoisotopic (exact) mass is 772 g/mol. The summed E-state index contributed by atoms with van der Waals surface area (Å²) in [6.45, 7) is 20.4. The molecule has 9 unspecified atom stereocenters. The molecule has 13 heteroatoms. The summed E-state index contributed by atoms with van der Waals surface area (Å²) in [7, 11) is 1.67. The van der Waals surface area contributed by atoms with Crippen LogP contribution in [0.1, 0.15) is 113 Å². The molecule has 0 aromatic rings. The standard InChI is InChI=1S/C41H77N3O10/c1-9-10-19-48-28-39(22-44-17-18-44)54-41(46)43-38-16-13-36(29(2)20-38)21-35-11-14-37(15-12-35)42-40(45)53-27-34(7)52-26-33(6)51-25-32(5)50-24-31(4)49-23-30(3)47-8/h29-39H,9-28H2,1-8H3,(H,42,45)(H,43,46). The van der Waals surface area contributed by atoms with Crippen molar-refractivity contribution >= 4 is 12.2 Å². The molecule has 13 nitrogen and oxygen atoms in total. The highest BCUT2D eigenvalue weighted by molar-refractivity contribution is 5.68. The summed E-state index contributed by atoms with van der Waals surface area (Å²) in [4.78, 5) is 27.6. The number of ether oxygens (including phenoxy) is 8. The summed E-state index contributed by atoms with van der Waals surface area (Å²) in [5.41, 5.74) is 0. The zero-order valence-corrected chi connectivity index (χ0v) is 35.0. The second-order valence-corrected chi connectivity index (χ2v) is 16.5. The van der Waals surface area contributed by atoms with E-state index in [0.717, 1.165) is 77.4 Å². The van der Waals surface area contributed by atoms with E-state index >= 15 is 0 Å². The molecule has 0 radical (unpaired) electrons. The molecular weight excluding hydrogens is 694 g/mol. The van der Waals surface area contributed by atoms with Gasteiger partial charge in [0.2, 0.25) is 0 Å². The van der Waals surface area contributed by atoms with E-state index < -0.39 is 0 Å². The van der Waals surface area contributed by atoms with Gasteiger partial charge in [0.25, 0.3) is 0 Å². The lowest BCUT2D eigenvalue weighted by atomic mass is 9.71. The van der Waals surface area contributed by atoms with E-state index in [4.69, 9.17) is 37.9 Å². The Morgan fingerprint density at radius 3 is 1.81 bits per heavy atom. The molecule has 3 rings (SSSR count). The van der Waals surface area contributed by atoms with Gasteiger partial charge < -0.3 is 48.5 Å². The van der Waals surface area contributed by atoms with Crippen LogP contribution in [0.25, 0.3) is 0 Å². The van der Waals surface area contributed by atoms with Crippen LogP contribution in [0.15, 0.2) is 0 Å². The van der Waals surface area contributed by atoms with E-state index in [0.29, 0.717) is 57.4 Å². The van der Waals surface area contributed by atoms with Gasteiger partial charge in [-0.1, -0.05) is 20.3 Å². The molecular formula is C41H77N3O10. The number of hydrogen-bond donors (Lipinski definition) is 2. The molecule has 2 aliphatic carbocycles. The molecule has 0 spiro atoms. The zero-order chi connectivity index (χ0) is 39.3. The van der Waals surface area contributed by atoms with Gasteiger partial charge in [-0.25, -0.2) is 9.59 Å². The number of unbranched alkanes of at least 4 members (excludes halogenated alkanes) is 1. The molecule has 2 saturated carbocycles. The van der Waals surface area contributed by atoms with Crippen LogP contribution in [-0.2, 0) is 37.9 Å². The second kappa shape index (κ2) is 26.2. The Morgan fingerprint density at radius 1 is 0.704 bits per heavy atom. The lowest BCUT2D eigenvalue weighted by molar-refractivity contribution is -0.0955. The maximum absolute atomic E-state index is 12.8. The van der Waals surface area contributed by atoms with Crippen molar-refractivity contribution in [3.8, 4) is 0 Å². The number of alkyl carbamates (subject to hydrolysis) is 2. The molecule has 3 aliphatic rings. The minimum atomic E-state index is -0.377. The van der Waals surface area contributed by atoms with E-state index in [1.165, 1.54) is 6.42 Å². The fourth-order valence-electron chi connectivity index (χ4n) is 7.25. The molecule has 316 valence electrons. The summed E-state index contributed by atoms with van der Waals surface area (Å²) in [6.07, 6.45) is 9.29. The molecule has 54 heavy (non-hydrogen) atoms. The number of nitrogens with one attached hydrogen (secondary N) is 2. The topological polar surface area (TPSA) is 135 Å². The van der Waals surface area contributed by atoms with Gasteiger partial charge in [0.05, 0.1) is 63.6 Å². The van der Waals surface area contributed by atoms with Crippen LogP contribution < -0.4 is 10.6 Å². The molecule has 1 saturated heterocycles. The third-order valence-electron chi connectivity index (χ3n) is 11.0. The van der Waals surface area contributed by atoms with Gasteiger partial charge in [-0.05, 0) is 110 Å². The average Bonchev–Trinajstić information content (AvgIpc) is 3.97. The molecule has 0 bridgehead atoms. The Bertz CT molecular complexity index is 1010. The van der Waals surface area contributed by atoms with Crippen LogP contribution in [0, 0.1) is 17.8 Å². The number of nitrogens with zero attached hydrogens (tertiary/aromatic N) is 1. The van der Waals surface area contributed by atoms with Gasteiger partial charge >= 0.3 is 12.2 Å². The van der Waals surface area contributed by atoms with Gasteiger partial charge in [-0.2, -0.15) is 0 Å². The maximum atomic E-state index is 12.8. The number of hydrogen-bond acceptors (Lipinski definition) is 11. The zero-order valence-electron chi connectivity index (χ0n) is 35.0. The third kappa shape index (κ3) is 20.4. The van der Waals surface area contributed by atoms with Crippen molar-refractivity contribution in [3.63, 3.8) is 0 Å². The first-order chi connectivity index (χ1) is 25.9. The van der Waals surface area contributed by atoms with Crippen molar-refractivity contribution in [1.82, 2.24) is 15.5 Å². The molecule has 9 atom stereocenters. The van der Waals surface area contributed by atoms with Crippen molar-refractivity contribution in [3.05, 3.63) is 0 Å². The molecule has 2 N–H and O–H groups in total. The van der Waals surface area contributed by atoms with Crippen molar-refractivity contribution in [2.24, 2.45) is 17.8 Å². The number of rotatable bonds is 27. The maximum Gasteiger partial charge on any atom is 0.407 e. The van der Waals surface area contributed by atoms with Gasteiger partial charge in [0.15, 0.2) is 0 Å². The Balaban J connectivity index is 1.21. The molecule has 1 heterocycles. The third-order valence-corrected chi connectivity index (χ3v) is 11.0. The first kappa shape index (κ1) is 46.6. The van der Waals surface area contributed by atoms with Crippen LogP contribution in [-0.4, -0.2) is 139 Å². The summed E-state index contributed by atoms with van der Waals surface area (Å²) >= 11 is 0. The van der Waals surface area contributed by atoms with Crippen LogP contribution in [0.2, 0.25) is 0 Å². The number of methoxy groups -OCH3 is 1. The molecule has 3 fully saturated rings. The van der Waals surface area contributed by atoms with Gasteiger partial charge in [-0.15, -0.1) is 0 Å². The van der Waals surface area contributed by atoms with Crippen molar-refractivity contribution in [2.45, 2.75) is 161 Å². The Hall–Kier alpha value is -1.74. The van der Waals surface area contributed by atoms with E-state index in [-0.39, 0.29) is 67.5 Å². The first-order valence-corrected chi connectivity index (χ1v) is 21.1. The predicted molar refractivity (Wildman–Crippen MR) is 209 cm³/mol.